The Morgan fingerprint density at radius 3 is 2.73 bits per heavy atom. The smallest absolute Gasteiger partial charge is 0.158 e. The molecule has 2 aliphatic rings. The number of nitrogens with one attached hydrogen (secondary N) is 1. The molecule has 2 rings (SSSR count). The van der Waals surface area contributed by atoms with Crippen LogP contribution in [-0.2, 0) is 9.84 Å². The molecule has 0 aliphatic carbocycles. The van der Waals surface area contributed by atoms with Gasteiger partial charge in [0.15, 0.2) is 9.84 Å². The maximum Gasteiger partial charge on any atom is 0.158 e. The lowest BCUT2D eigenvalue weighted by molar-refractivity contribution is 0.301. The number of hydrogen-bond donors (Lipinski definition) is 2. The highest BCUT2D eigenvalue weighted by Crippen LogP contribution is 2.33. The van der Waals surface area contributed by atoms with Crippen molar-refractivity contribution in [2.75, 3.05) is 25.4 Å². The first-order valence-corrected chi connectivity index (χ1v) is 9.74. The summed E-state index contributed by atoms with van der Waals surface area (Å²) in [4.78, 5) is 2.18. The largest absolute Gasteiger partial charge is 0.399 e. The lowest BCUT2D eigenvalue weighted by Crippen LogP contribution is -2.53. The van der Waals surface area contributed by atoms with Crippen LogP contribution in [0.4, 0.5) is 0 Å². The predicted octanol–water partition coefficient (Wildman–Crippen LogP) is 1.59. The van der Waals surface area contributed by atoms with Gasteiger partial charge in [0.05, 0.1) is 28.4 Å². The monoisotopic (exact) mass is 327 g/mol. The van der Waals surface area contributed by atoms with Gasteiger partial charge in [-0.1, -0.05) is 20.3 Å². The van der Waals surface area contributed by atoms with E-state index >= 15 is 0 Å². The van der Waals surface area contributed by atoms with Crippen LogP contribution in [0.5, 0.6) is 0 Å². The van der Waals surface area contributed by atoms with Crippen molar-refractivity contribution >= 4 is 9.84 Å². The van der Waals surface area contributed by atoms with Gasteiger partial charge >= 0.3 is 0 Å². The van der Waals surface area contributed by atoms with Crippen LogP contribution in [0.3, 0.4) is 0 Å². The van der Waals surface area contributed by atoms with E-state index in [1.807, 2.05) is 13.8 Å². The van der Waals surface area contributed by atoms with Crippen LogP contribution in [0.2, 0.25) is 0 Å². The molecule has 22 heavy (non-hydrogen) atoms. The van der Waals surface area contributed by atoms with E-state index < -0.39 is 14.6 Å². The van der Waals surface area contributed by atoms with Crippen molar-refractivity contribution in [3.05, 3.63) is 23.2 Å². The highest BCUT2D eigenvalue weighted by Gasteiger charge is 2.41. The fourth-order valence-corrected chi connectivity index (χ4v) is 4.66. The summed E-state index contributed by atoms with van der Waals surface area (Å²) in [6, 6.07) is 0. The summed E-state index contributed by atoms with van der Waals surface area (Å²) < 4.78 is 23.7. The van der Waals surface area contributed by atoms with Crippen molar-refractivity contribution in [2.45, 2.75) is 45.3 Å². The number of allylic oxidation sites excluding steroid dienone is 1. The second-order valence-electron chi connectivity index (χ2n) is 7.04. The van der Waals surface area contributed by atoms with Crippen LogP contribution in [-0.4, -0.2) is 43.5 Å². The molecule has 6 heteroatoms. The second kappa shape index (κ2) is 6.14. The first-order chi connectivity index (χ1) is 10.2. The van der Waals surface area contributed by atoms with Crippen molar-refractivity contribution in [3.63, 3.8) is 0 Å². The highest BCUT2D eigenvalue weighted by molar-refractivity contribution is 7.92. The minimum atomic E-state index is -3.04. The van der Waals surface area contributed by atoms with E-state index in [0.717, 1.165) is 24.2 Å². The molecule has 2 aliphatic heterocycles. The summed E-state index contributed by atoms with van der Waals surface area (Å²) in [6.07, 6.45) is 4.27. The number of dihydropyridines is 1. The van der Waals surface area contributed by atoms with Gasteiger partial charge in [-0.3, -0.25) is 0 Å². The zero-order valence-corrected chi connectivity index (χ0v) is 15.0. The number of rotatable bonds is 4. The van der Waals surface area contributed by atoms with E-state index in [2.05, 4.69) is 30.3 Å². The summed E-state index contributed by atoms with van der Waals surface area (Å²) in [5.74, 6) is 0.604. The average Bonchev–Trinajstić information content (AvgIpc) is 2.42. The number of hydrogen-bond acceptors (Lipinski definition) is 5. The van der Waals surface area contributed by atoms with Gasteiger partial charge in [0.2, 0.25) is 0 Å². The van der Waals surface area contributed by atoms with Gasteiger partial charge in [0.25, 0.3) is 0 Å². The molecule has 126 valence electrons. The number of nitrogens with zero attached hydrogens (tertiary/aromatic N) is 1. The van der Waals surface area contributed by atoms with Gasteiger partial charge in [-0.25, -0.2) is 8.42 Å². The third kappa shape index (κ3) is 3.12. The van der Waals surface area contributed by atoms with Gasteiger partial charge in [-0.05, 0) is 31.8 Å². The van der Waals surface area contributed by atoms with Crippen molar-refractivity contribution < 1.29 is 8.42 Å². The summed E-state index contributed by atoms with van der Waals surface area (Å²) in [7, 11) is -3.04. The number of nitrogens with two attached hydrogens (primary N) is 1. The summed E-state index contributed by atoms with van der Waals surface area (Å²) in [6.45, 7) is 9.66. The van der Waals surface area contributed by atoms with Gasteiger partial charge in [0, 0.05) is 19.3 Å². The Labute approximate surface area is 134 Å². The molecule has 1 saturated heterocycles. The van der Waals surface area contributed by atoms with E-state index in [1.54, 1.807) is 0 Å². The Balaban J connectivity index is 2.31. The molecule has 1 fully saturated rings. The maximum absolute atomic E-state index is 12.2. The minimum absolute atomic E-state index is 0.194. The van der Waals surface area contributed by atoms with Gasteiger partial charge in [0.1, 0.15) is 0 Å². The van der Waals surface area contributed by atoms with E-state index in [1.165, 1.54) is 5.57 Å². The fourth-order valence-electron chi connectivity index (χ4n) is 3.29. The molecule has 0 saturated carbocycles. The molecule has 3 N–H and O–H groups in total. The third-order valence-corrected chi connectivity index (χ3v) is 7.27. The Bertz CT molecular complexity index is 591. The Morgan fingerprint density at radius 2 is 2.14 bits per heavy atom. The van der Waals surface area contributed by atoms with Gasteiger partial charge in [-0.2, -0.15) is 0 Å². The summed E-state index contributed by atoms with van der Waals surface area (Å²) in [5.41, 5.74) is 9.36. The van der Waals surface area contributed by atoms with Crippen LogP contribution in [0.15, 0.2) is 23.2 Å². The molecule has 0 amide bonds. The van der Waals surface area contributed by atoms with Gasteiger partial charge < -0.3 is 16.0 Å². The normalized spacial score (nSPS) is 25.5. The van der Waals surface area contributed by atoms with Crippen LogP contribution in [0.1, 0.15) is 40.5 Å². The molecule has 0 bridgehead atoms. The van der Waals surface area contributed by atoms with Crippen LogP contribution in [0, 0.1) is 5.92 Å². The standard InChI is InChI=1S/C16H29N3O2S/c1-5-6-12(2)13-9-18-10-14(17)15(13)19-7-8-22(20,21)16(3,4)11-19/h9,12,18H,5-8,10-11,17H2,1-4H3. The predicted molar refractivity (Wildman–Crippen MR) is 90.8 cm³/mol. The zero-order chi connectivity index (χ0) is 16.5. The molecule has 0 spiro atoms. The Morgan fingerprint density at radius 1 is 1.45 bits per heavy atom. The molecule has 5 nitrogen and oxygen atoms in total. The van der Waals surface area contributed by atoms with E-state index in [4.69, 9.17) is 5.73 Å². The van der Waals surface area contributed by atoms with E-state index in [-0.39, 0.29) is 5.75 Å². The topological polar surface area (TPSA) is 75.4 Å². The fraction of sp³-hybridized carbons (Fsp3) is 0.750. The Hall–Kier alpha value is -1.17. The first-order valence-electron chi connectivity index (χ1n) is 8.09. The molecular formula is C16H29N3O2S. The van der Waals surface area contributed by atoms with E-state index in [0.29, 0.717) is 25.6 Å². The van der Waals surface area contributed by atoms with E-state index in [9.17, 15) is 8.42 Å². The lowest BCUT2D eigenvalue weighted by atomic mass is 9.91. The van der Waals surface area contributed by atoms with Crippen molar-refractivity contribution in [1.29, 1.82) is 0 Å². The first kappa shape index (κ1) is 17.2. The van der Waals surface area contributed by atoms with Crippen molar-refractivity contribution in [2.24, 2.45) is 11.7 Å². The van der Waals surface area contributed by atoms with Crippen molar-refractivity contribution in [3.8, 4) is 0 Å². The van der Waals surface area contributed by atoms with Gasteiger partial charge in [-0.15, -0.1) is 0 Å². The quantitative estimate of drug-likeness (QED) is 0.820. The maximum atomic E-state index is 12.2. The molecule has 1 unspecified atom stereocenters. The third-order valence-electron chi connectivity index (χ3n) is 4.74. The lowest BCUT2D eigenvalue weighted by Gasteiger charge is -2.42. The highest BCUT2D eigenvalue weighted by atomic mass is 32.2. The van der Waals surface area contributed by atoms with Crippen molar-refractivity contribution in [1.82, 2.24) is 10.2 Å². The SMILES string of the molecule is CCCC(C)C1=CNCC(N)=C1N1CCS(=O)(=O)C(C)(C)C1. The minimum Gasteiger partial charge on any atom is -0.399 e. The second-order valence-corrected chi connectivity index (χ2v) is 9.79. The number of sulfone groups is 1. The average molecular weight is 327 g/mol. The van der Waals surface area contributed by atoms with Crippen LogP contribution in [0.25, 0.3) is 0 Å². The zero-order valence-electron chi connectivity index (χ0n) is 14.1. The summed E-state index contributed by atoms with van der Waals surface area (Å²) in [5, 5.41) is 3.24. The van der Waals surface area contributed by atoms with Crippen LogP contribution >= 0.6 is 0 Å². The molecule has 2 heterocycles. The molecule has 0 aromatic carbocycles. The summed E-state index contributed by atoms with van der Waals surface area (Å²) >= 11 is 0. The van der Waals surface area contributed by atoms with Crippen LogP contribution < -0.4 is 11.1 Å². The molecule has 0 aromatic rings. The molecule has 0 radical (unpaired) electrons. The molecule has 1 atom stereocenters. The molecular weight excluding hydrogens is 298 g/mol. The Kier molecular flexibility index (Phi) is 4.80. The molecule has 0 aromatic heterocycles.